The van der Waals surface area contributed by atoms with Gasteiger partial charge in [-0.25, -0.2) is 0 Å². The van der Waals surface area contributed by atoms with E-state index in [4.69, 9.17) is 5.73 Å². The van der Waals surface area contributed by atoms with Gasteiger partial charge in [-0.05, 0) is 58.5 Å². The van der Waals surface area contributed by atoms with Crippen LogP contribution in [0.15, 0.2) is 0 Å². The topological polar surface area (TPSA) is 82.2 Å². The Morgan fingerprint density at radius 3 is 2.40 bits per heavy atom. The normalized spacial score (nSPS) is 24.3. The van der Waals surface area contributed by atoms with Crippen molar-refractivity contribution >= 4 is 5.91 Å². The third-order valence-electron chi connectivity index (χ3n) is 4.48. The van der Waals surface area contributed by atoms with Gasteiger partial charge in [0.05, 0.1) is 6.07 Å². The van der Waals surface area contributed by atoms with E-state index in [0.717, 1.165) is 45.3 Å². The van der Waals surface area contributed by atoms with Gasteiger partial charge >= 0.3 is 0 Å². The summed E-state index contributed by atoms with van der Waals surface area (Å²) in [7, 11) is 0. The Morgan fingerprint density at radius 2 is 2.00 bits per heavy atom. The highest BCUT2D eigenvalue weighted by Gasteiger charge is 2.47. The van der Waals surface area contributed by atoms with Gasteiger partial charge in [0.1, 0.15) is 5.54 Å². The zero-order valence-electron chi connectivity index (χ0n) is 12.6. The number of hydrogen-bond donors (Lipinski definition) is 2. The lowest BCUT2D eigenvalue weighted by molar-refractivity contribution is -0.123. The van der Waals surface area contributed by atoms with Crippen molar-refractivity contribution in [3.63, 3.8) is 0 Å². The summed E-state index contributed by atoms with van der Waals surface area (Å²) in [5.74, 6) is 0.309. The highest BCUT2D eigenvalue weighted by molar-refractivity contribution is 5.76. The molecule has 0 aromatic rings. The van der Waals surface area contributed by atoms with Crippen molar-refractivity contribution in [1.82, 2.24) is 10.2 Å². The minimum absolute atomic E-state index is 0.0155. The maximum atomic E-state index is 11.2. The van der Waals surface area contributed by atoms with Gasteiger partial charge in [-0.2, -0.15) is 5.26 Å². The molecule has 1 amide bonds. The summed E-state index contributed by atoms with van der Waals surface area (Å²) in [6, 6.07) is 2.85. The van der Waals surface area contributed by atoms with Crippen LogP contribution in [-0.2, 0) is 4.79 Å². The third-order valence-corrected chi connectivity index (χ3v) is 4.48. The van der Waals surface area contributed by atoms with Gasteiger partial charge in [0.15, 0.2) is 0 Å². The molecule has 0 bridgehead atoms. The van der Waals surface area contributed by atoms with E-state index >= 15 is 0 Å². The molecular weight excluding hydrogens is 252 g/mol. The van der Waals surface area contributed by atoms with Crippen LogP contribution in [0.25, 0.3) is 0 Å². The van der Waals surface area contributed by atoms with Crippen LogP contribution >= 0.6 is 0 Å². The molecule has 1 aliphatic carbocycles. The number of carbonyl (C=O) groups excluding carboxylic acids is 1. The number of nitrogens with two attached hydrogens (primary N) is 1. The molecule has 20 heavy (non-hydrogen) atoms. The number of nitriles is 1. The molecule has 2 aliphatic rings. The van der Waals surface area contributed by atoms with Gasteiger partial charge in [-0.3, -0.25) is 10.1 Å². The molecule has 2 fully saturated rings. The molecule has 0 aromatic heterocycles. The van der Waals surface area contributed by atoms with Gasteiger partial charge in [-0.15, -0.1) is 0 Å². The van der Waals surface area contributed by atoms with Gasteiger partial charge in [-0.1, -0.05) is 0 Å². The highest BCUT2D eigenvalue weighted by Crippen LogP contribution is 2.40. The third kappa shape index (κ3) is 3.50. The quantitative estimate of drug-likeness (QED) is 0.755. The average molecular weight is 278 g/mol. The summed E-state index contributed by atoms with van der Waals surface area (Å²) in [6.45, 7) is 6.67. The molecule has 112 valence electrons. The Morgan fingerprint density at radius 1 is 1.40 bits per heavy atom. The fourth-order valence-corrected chi connectivity index (χ4v) is 3.27. The van der Waals surface area contributed by atoms with E-state index in [9.17, 15) is 10.1 Å². The van der Waals surface area contributed by atoms with E-state index in [-0.39, 0.29) is 11.8 Å². The number of carbonyl (C=O) groups is 1. The molecule has 1 unspecified atom stereocenters. The number of nitrogens with one attached hydrogen (secondary N) is 1. The molecule has 0 radical (unpaired) electrons. The van der Waals surface area contributed by atoms with Gasteiger partial charge in [0, 0.05) is 18.5 Å². The lowest BCUT2D eigenvalue weighted by atomic mass is 9.90. The maximum absolute atomic E-state index is 11.2. The predicted octanol–water partition coefficient (Wildman–Crippen LogP) is 0.854. The second-order valence-electron chi connectivity index (χ2n) is 6.61. The molecule has 1 atom stereocenters. The van der Waals surface area contributed by atoms with Crippen LogP contribution < -0.4 is 11.1 Å². The van der Waals surface area contributed by atoms with Crippen LogP contribution in [0, 0.1) is 23.2 Å². The molecule has 1 aliphatic heterocycles. The monoisotopic (exact) mass is 278 g/mol. The molecular formula is C15H26N4O. The zero-order chi connectivity index (χ0) is 14.8. The van der Waals surface area contributed by atoms with Crippen LogP contribution in [0.3, 0.4) is 0 Å². The number of nitrogens with zero attached hydrogens (tertiary/aromatic N) is 2. The summed E-state index contributed by atoms with van der Waals surface area (Å²) < 4.78 is 0. The number of primary amides is 1. The molecule has 5 heteroatoms. The Labute approximate surface area is 121 Å². The fraction of sp³-hybridized carbons (Fsp3) is 0.867. The van der Waals surface area contributed by atoms with Crippen molar-refractivity contribution in [2.75, 3.05) is 19.6 Å². The Hall–Kier alpha value is -1.12. The number of piperidine rings is 1. The largest absolute Gasteiger partial charge is 0.369 e. The van der Waals surface area contributed by atoms with Crippen LogP contribution in [0.1, 0.15) is 39.5 Å². The smallest absolute Gasteiger partial charge is 0.220 e. The van der Waals surface area contributed by atoms with E-state index in [2.05, 4.69) is 30.1 Å². The first-order chi connectivity index (χ1) is 9.47. The predicted molar refractivity (Wildman–Crippen MR) is 77.7 cm³/mol. The second-order valence-corrected chi connectivity index (χ2v) is 6.61. The molecule has 0 aromatic carbocycles. The maximum Gasteiger partial charge on any atom is 0.220 e. The first-order valence-corrected chi connectivity index (χ1v) is 7.67. The van der Waals surface area contributed by atoms with Crippen LogP contribution in [-0.4, -0.2) is 42.0 Å². The summed E-state index contributed by atoms with van der Waals surface area (Å²) in [6.07, 6.45) is 3.93. The summed E-state index contributed by atoms with van der Waals surface area (Å²) in [5, 5.41) is 13.2. The van der Waals surface area contributed by atoms with Crippen molar-refractivity contribution in [2.45, 2.75) is 51.1 Å². The van der Waals surface area contributed by atoms with E-state index < -0.39 is 5.54 Å². The molecule has 1 saturated carbocycles. The molecule has 2 rings (SSSR count). The lowest BCUT2D eigenvalue weighted by Gasteiger charge is -2.38. The number of hydrogen-bond acceptors (Lipinski definition) is 4. The van der Waals surface area contributed by atoms with Crippen LogP contribution in [0.2, 0.25) is 0 Å². The van der Waals surface area contributed by atoms with Crippen molar-refractivity contribution in [1.29, 1.82) is 5.26 Å². The molecule has 5 nitrogen and oxygen atoms in total. The number of amides is 1. The Kier molecular flexibility index (Phi) is 4.66. The van der Waals surface area contributed by atoms with Crippen molar-refractivity contribution in [3.05, 3.63) is 0 Å². The number of likely N-dealkylation sites (tertiary alicyclic amines) is 1. The van der Waals surface area contributed by atoms with E-state index in [1.165, 1.54) is 0 Å². The van der Waals surface area contributed by atoms with Gasteiger partial charge < -0.3 is 10.6 Å². The molecule has 0 spiro atoms. The van der Waals surface area contributed by atoms with Gasteiger partial charge in [0.2, 0.25) is 5.91 Å². The van der Waals surface area contributed by atoms with Crippen molar-refractivity contribution in [2.24, 2.45) is 17.6 Å². The summed E-state index contributed by atoms with van der Waals surface area (Å²) >= 11 is 0. The fourth-order valence-electron chi connectivity index (χ4n) is 3.27. The van der Waals surface area contributed by atoms with Gasteiger partial charge in [0.25, 0.3) is 0 Å². The summed E-state index contributed by atoms with van der Waals surface area (Å²) in [4.78, 5) is 13.5. The van der Waals surface area contributed by atoms with E-state index in [1.807, 2.05) is 0 Å². The Balaban J connectivity index is 1.96. The van der Waals surface area contributed by atoms with Crippen molar-refractivity contribution < 1.29 is 4.79 Å². The minimum atomic E-state index is -0.423. The van der Waals surface area contributed by atoms with Crippen LogP contribution in [0.4, 0.5) is 0 Å². The standard InChI is InChI=1S/C15H26N4O/c1-11(2)18-15(9-16,13-3-4-13)10-19-7-5-12(6-8-19)14(17)20/h11-13,18H,3-8,10H2,1-2H3,(H2,17,20). The zero-order valence-corrected chi connectivity index (χ0v) is 12.6. The van der Waals surface area contributed by atoms with Crippen LogP contribution in [0.5, 0.6) is 0 Å². The molecule has 1 heterocycles. The summed E-state index contributed by atoms with van der Waals surface area (Å²) in [5.41, 5.74) is 4.95. The minimum Gasteiger partial charge on any atom is -0.369 e. The SMILES string of the molecule is CC(C)NC(C#N)(CN1CCC(C(N)=O)CC1)C1CC1. The molecule has 3 N–H and O–H groups in total. The second kappa shape index (κ2) is 6.11. The highest BCUT2D eigenvalue weighted by atomic mass is 16.1. The number of rotatable bonds is 6. The van der Waals surface area contributed by atoms with E-state index in [0.29, 0.717) is 12.0 Å². The molecule has 1 saturated heterocycles. The average Bonchev–Trinajstić information content (AvgIpc) is 3.22. The lowest BCUT2D eigenvalue weighted by Crippen LogP contribution is -2.57. The first-order valence-electron chi connectivity index (χ1n) is 7.67. The first kappa shape index (κ1) is 15.3. The Bertz CT molecular complexity index is 391. The van der Waals surface area contributed by atoms with E-state index in [1.54, 1.807) is 0 Å². The van der Waals surface area contributed by atoms with Crippen molar-refractivity contribution in [3.8, 4) is 6.07 Å².